The second-order valence-corrected chi connectivity index (χ2v) is 31.1. The summed E-state index contributed by atoms with van der Waals surface area (Å²) < 4.78 is 7.00. The largest absolute Gasteiger partial charge is 0.455 e. The van der Waals surface area contributed by atoms with Crippen molar-refractivity contribution in [2.24, 2.45) is 0 Å². The van der Waals surface area contributed by atoms with Gasteiger partial charge in [0, 0.05) is 61.3 Å². The lowest BCUT2D eigenvalue weighted by atomic mass is 9.33. The zero-order valence-corrected chi connectivity index (χ0v) is 59.4. The van der Waals surface area contributed by atoms with Crippen molar-refractivity contribution in [1.82, 2.24) is 0 Å². The molecule has 490 valence electrons. The Labute approximate surface area is 599 Å². The predicted molar refractivity (Wildman–Crippen MR) is 437 cm³/mol. The van der Waals surface area contributed by atoms with E-state index in [1.807, 2.05) is 0 Å². The highest BCUT2D eigenvalue weighted by Crippen LogP contribution is 2.56. The Hall–Kier alpha value is -11.7. The van der Waals surface area contributed by atoms with Crippen LogP contribution in [0, 0.1) is 0 Å². The maximum atomic E-state index is 7.00. The molecule has 16 aromatic rings. The van der Waals surface area contributed by atoms with Crippen LogP contribution in [0.1, 0.15) is 79.0 Å². The molecule has 15 aromatic carbocycles. The van der Waals surface area contributed by atoms with E-state index in [0.29, 0.717) is 0 Å². The van der Waals surface area contributed by atoms with Gasteiger partial charge in [-0.15, -0.1) is 0 Å². The first-order chi connectivity index (χ1) is 49.5. The predicted octanol–water partition coefficient (Wildman–Crippen LogP) is 25.5. The maximum Gasteiger partial charge on any atom is 0.252 e. The van der Waals surface area contributed by atoms with Crippen LogP contribution in [0.3, 0.4) is 0 Å². The first-order valence-corrected chi connectivity index (χ1v) is 36.1. The molecule has 0 spiro atoms. The molecular formula is C98H79BN2O. The van der Waals surface area contributed by atoms with Gasteiger partial charge in [0.05, 0.1) is 11.4 Å². The molecule has 4 heteroatoms. The Bertz CT molecular complexity index is 5810. The maximum absolute atomic E-state index is 7.00. The molecule has 0 saturated heterocycles. The van der Waals surface area contributed by atoms with Crippen LogP contribution in [0.25, 0.3) is 121 Å². The molecule has 0 amide bonds. The molecule has 102 heavy (non-hydrogen) atoms. The van der Waals surface area contributed by atoms with Crippen molar-refractivity contribution in [3.8, 4) is 77.9 Å². The molecule has 0 unspecified atom stereocenters. The van der Waals surface area contributed by atoms with Crippen molar-refractivity contribution in [2.45, 2.75) is 78.6 Å². The van der Waals surface area contributed by atoms with Gasteiger partial charge in [-0.2, -0.15) is 0 Å². The van der Waals surface area contributed by atoms with Crippen molar-refractivity contribution in [1.29, 1.82) is 0 Å². The Kier molecular flexibility index (Phi) is 14.7. The third-order valence-corrected chi connectivity index (χ3v) is 21.7. The van der Waals surface area contributed by atoms with Gasteiger partial charge in [0.1, 0.15) is 11.2 Å². The summed E-state index contributed by atoms with van der Waals surface area (Å²) in [7, 11) is 0. The second-order valence-electron chi connectivity index (χ2n) is 31.1. The van der Waals surface area contributed by atoms with Crippen LogP contribution in [0.15, 0.2) is 320 Å². The van der Waals surface area contributed by atoms with Crippen LogP contribution in [0.5, 0.6) is 0 Å². The fourth-order valence-electron chi connectivity index (χ4n) is 16.5. The minimum atomic E-state index is -0.324. The number of anilines is 6. The molecule has 0 radical (unpaired) electrons. The van der Waals surface area contributed by atoms with E-state index < -0.39 is 0 Å². The second kappa shape index (κ2) is 24.0. The average molecular weight is 1310 g/mol. The molecule has 1 aromatic heterocycles. The van der Waals surface area contributed by atoms with Gasteiger partial charge in [0.15, 0.2) is 0 Å². The molecule has 0 aliphatic carbocycles. The molecule has 0 fully saturated rings. The van der Waals surface area contributed by atoms with E-state index >= 15 is 0 Å². The first-order valence-electron chi connectivity index (χ1n) is 36.1. The molecule has 18 rings (SSSR count). The lowest BCUT2D eigenvalue weighted by Crippen LogP contribution is -2.61. The zero-order valence-electron chi connectivity index (χ0n) is 59.4. The Morgan fingerprint density at radius 2 is 0.627 bits per heavy atom. The van der Waals surface area contributed by atoms with Crippen molar-refractivity contribution in [3.63, 3.8) is 0 Å². The number of hydrogen-bond donors (Lipinski definition) is 0. The summed E-state index contributed by atoms with van der Waals surface area (Å²) in [4.78, 5) is 5.44. The van der Waals surface area contributed by atoms with Gasteiger partial charge in [0.25, 0.3) is 6.71 Å². The Morgan fingerprint density at radius 3 is 1.08 bits per heavy atom. The number of fused-ring (bicyclic) bond motifs is 9. The smallest absolute Gasteiger partial charge is 0.252 e. The lowest BCUT2D eigenvalue weighted by molar-refractivity contribution is 0.590. The molecule has 0 bridgehead atoms. The van der Waals surface area contributed by atoms with Crippen LogP contribution < -0.4 is 26.2 Å². The molecule has 0 N–H and O–H groups in total. The van der Waals surface area contributed by atoms with E-state index in [9.17, 15) is 0 Å². The molecule has 2 aliphatic rings. The summed E-state index contributed by atoms with van der Waals surface area (Å²) in [5.41, 5.74) is 31.6. The van der Waals surface area contributed by atoms with E-state index in [1.165, 1.54) is 93.6 Å². The normalized spacial score (nSPS) is 12.9. The molecule has 3 heterocycles. The number of para-hydroxylation sites is 2. The van der Waals surface area contributed by atoms with E-state index in [0.717, 1.165) is 95.0 Å². The van der Waals surface area contributed by atoms with Crippen molar-refractivity contribution < 1.29 is 4.42 Å². The van der Waals surface area contributed by atoms with Crippen molar-refractivity contribution in [2.75, 3.05) is 9.80 Å². The van der Waals surface area contributed by atoms with Gasteiger partial charge in [0.2, 0.25) is 0 Å². The van der Waals surface area contributed by atoms with Gasteiger partial charge in [-0.25, -0.2) is 0 Å². The topological polar surface area (TPSA) is 19.6 Å². The molecule has 0 saturated carbocycles. The van der Waals surface area contributed by atoms with Crippen molar-refractivity contribution in [3.05, 3.63) is 332 Å². The van der Waals surface area contributed by atoms with Gasteiger partial charge < -0.3 is 14.2 Å². The van der Waals surface area contributed by atoms with E-state index in [1.54, 1.807) is 0 Å². The summed E-state index contributed by atoms with van der Waals surface area (Å²) in [5.74, 6) is 0. The van der Waals surface area contributed by atoms with Crippen LogP contribution in [0.2, 0.25) is 0 Å². The van der Waals surface area contributed by atoms with Gasteiger partial charge in [-0.3, -0.25) is 0 Å². The van der Waals surface area contributed by atoms with Crippen LogP contribution >= 0.6 is 0 Å². The SMILES string of the molecule is CC(C)(C)c1cc(-c2ccccc2)c(N2c3ccc(-c4cccc5c4oc4ccccc45)cc3B3c4ccc(-c5c6ccccc6c(-c6ccccc6)c6ccccc56)cc4N(c4c(-c5ccccc5)cc(C(C)(C)C)cc4-c4ccccc4)c4cc(C(C)(C)C)cc2c43)c(-c2ccccc2)c1. The Morgan fingerprint density at radius 1 is 0.255 bits per heavy atom. The highest BCUT2D eigenvalue weighted by Gasteiger charge is 2.47. The first kappa shape index (κ1) is 62.5. The fourth-order valence-corrected chi connectivity index (χ4v) is 16.5. The van der Waals surface area contributed by atoms with Crippen LogP contribution in [-0.2, 0) is 16.2 Å². The van der Waals surface area contributed by atoms with Gasteiger partial charge in [-0.05, 0) is 176 Å². The summed E-state index contributed by atoms with van der Waals surface area (Å²) in [5, 5.41) is 7.08. The number of hydrogen-bond acceptors (Lipinski definition) is 3. The van der Waals surface area contributed by atoms with Gasteiger partial charge in [-0.1, -0.05) is 323 Å². The number of rotatable bonds is 9. The van der Waals surface area contributed by atoms with Crippen LogP contribution in [-0.4, -0.2) is 6.71 Å². The molecule has 2 aliphatic heterocycles. The monoisotopic (exact) mass is 1310 g/mol. The van der Waals surface area contributed by atoms with E-state index in [2.05, 4.69) is 388 Å². The molecule has 3 nitrogen and oxygen atoms in total. The highest BCUT2D eigenvalue weighted by molar-refractivity contribution is 7.00. The average Bonchev–Trinajstić information content (AvgIpc) is 0.760. The standard InChI is InChI=1S/C98H79BN2O/c1-96(2,3)69-56-79(62-32-15-10-16-33-62)93(80(57-69)63-34-17-11-18-35-63)100-85-53-51-67(72-47-31-48-78-73-42-29-30-49-89(73)102-95(72)78)54-84(85)99-83-52-50-68(91-76-45-27-25-43-74(76)90(66-40-23-14-24-41-66)75-44-26-28-46-77(75)91)55-86(83)101(88-61-71(98(7,8)9)60-87(100)92(88)99)94-81(64-36-19-12-20-37-64)58-70(97(4,5)6)59-82(94)65-38-21-13-22-39-65/h10-61H,1-9H3. The quantitative estimate of drug-likeness (QED) is 0.106. The summed E-state index contributed by atoms with van der Waals surface area (Å²) >= 11 is 0. The summed E-state index contributed by atoms with van der Waals surface area (Å²) in [6, 6.07) is 119. The van der Waals surface area contributed by atoms with E-state index in [4.69, 9.17) is 4.42 Å². The molecule has 0 atom stereocenters. The minimum absolute atomic E-state index is 0.185. The van der Waals surface area contributed by atoms with E-state index in [-0.39, 0.29) is 23.0 Å². The third kappa shape index (κ3) is 10.3. The van der Waals surface area contributed by atoms with Crippen LogP contribution in [0.4, 0.5) is 34.1 Å². The zero-order chi connectivity index (χ0) is 69.3. The number of furan rings is 1. The number of nitrogens with zero attached hydrogens (tertiary/aromatic N) is 2. The fraction of sp³-hybridized carbons (Fsp3) is 0.122. The van der Waals surface area contributed by atoms with Crippen molar-refractivity contribution >= 4 is 101 Å². The minimum Gasteiger partial charge on any atom is -0.455 e. The summed E-state index contributed by atoms with van der Waals surface area (Å²) in [6.45, 7) is 21.0. The Balaban J connectivity index is 1.03. The highest BCUT2D eigenvalue weighted by atomic mass is 16.3. The van der Waals surface area contributed by atoms with Gasteiger partial charge >= 0.3 is 0 Å². The third-order valence-electron chi connectivity index (χ3n) is 21.7. The molecular weight excluding hydrogens is 1230 g/mol. The summed E-state index contributed by atoms with van der Waals surface area (Å²) in [6.07, 6.45) is 0. The lowest BCUT2D eigenvalue weighted by Gasteiger charge is -2.47. The number of benzene rings is 15.